The maximum Gasteiger partial charge on any atom is 0.297 e. The summed E-state index contributed by atoms with van der Waals surface area (Å²) in [5.74, 6) is 0. The fourth-order valence-corrected chi connectivity index (χ4v) is 3.39. The first-order chi connectivity index (χ1) is 9.55. The number of nitrogens with one attached hydrogen (secondary N) is 1. The summed E-state index contributed by atoms with van der Waals surface area (Å²) in [5.41, 5.74) is 5.57. The van der Waals surface area contributed by atoms with Crippen LogP contribution in [-0.4, -0.2) is 33.0 Å². The molecule has 0 aromatic heterocycles. The molecule has 2 aromatic carbocycles. The molecule has 114 valence electrons. The van der Waals surface area contributed by atoms with Gasteiger partial charge in [0.05, 0.1) is 10.6 Å². The summed E-state index contributed by atoms with van der Waals surface area (Å²) in [6, 6.07) is 4.82. The fraction of sp³-hybridized carbons (Fsp3) is 0.0909. The third-order valence-corrected chi connectivity index (χ3v) is 4.72. The van der Waals surface area contributed by atoms with Crippen molar-refractivity contribution in [3.05, 3.63) is 24.3 Å². The van der Waals surface area contributed by atoms with E-state index < -0.39 is 30.0 Å². The Morgan fingerprint density at radius 3 is 2.10 bits per heavy atom. The van der Waals surface area contributed by atoms with Crippen LogP contribution < -0.4 is 11.1 Å². The van der Waals surface area contributed by atoms with E-state index in [9.17, 15) is 21.4 Å². The molecule has 0 unspecified atom stereocenters. The number of anilines is 2. The Bertz CT molecular complexity index is 935. The van der Waals surface area contributed by atoms with Crippen LogP contribution in [0.15, 0.2) is 34.1 Å². The molecule has 21 heavy (non-hydrogen) atoms. The van der Waals surface area contributed by atoms with Gasteiger partial charge in [-0.3, -0.25) is 9.11 Å². The lowest BCUT2D eigenvalue weighted by molar-refractivity contribution is 0.480. The van der Waals surface area contributed by atoms with Gasteiger partial charge in [0.2, 0.25) is 0 Å². The van der Waals surface area contributed by atoms with Crippen molar-refractivity contribution in [2.75, 3.05) is 18.1 Å². The summed E-state index contributed by atoms with van der Waals surface area (Å²) in [4.78, 5) is -1.13. The van der Waals surface area contributed by atoms with E-state index in [0.29, 0.717) is 5.39 Å². The summed E-state index contributed by atoms with van der Waals surface area (Å²) in [5, 5.41) is 2.90. The zero-order valence-electron chi connectivity index (χ0n) is 10.7. The zero-order valence-corrected chi connectivity index (χ0v) is 12.4. The second-order valence-corrected chi connectivity index (χ2v) is 7.03. The lowest BCUT2D eigenvalue weighted by atomic mass is 10.1. The highest BCUT2D eigenvalue weighted by atomic mass is 32.2. The van der Waals surface area contributed by atoms with E-state index in [0.717, 1.165) is 12.1 Å². The van der Waals surface area contributed by atoms with Crippen LogP contribution >= 0.6 is 0 Å². The van der Waals surface area contributed by atoms with Crippen LogP contribution in [0.3, 0.4) is 0 Å². The second-order valence-electron chi connectivity index (χ2n) is 4.25. The van der Waals surface area contributed by atoms with Crippen LogP contribution in [0.4, 0.5) is 11.4 Å². The number of hydrogen-bond acceptors (Lipinski definition) is 6. The van der Waals surface area contributed by atoms with Gasteiger partial charge in [0.15, 0.2) is 0 Å². The topological polar surface area (TPSA) is 147 Å². The molecule has 0 atom stereocenters. The normalized spacial score (nSPS) is 12.5. The van der Waals surface area contributed by atoms with E-state index in [1.807, 2.05) is 0 Å². The Kier molecular flexibility index (Phi) is 3.58. The van der Waals surface area contributed by atoms with Crippen molar-refractivity contribution >= 4 is 42.4 Å². The molecule has 0 saturated heterocycles. The summed E-state index contributed by atoms with van der Waals surface area (Å²) < 4.78 is 63.9. The van der Waals surface area contributed by atoms with E-state index in [1.165, 1.54) is 19.2 Å². The molecule has 0 fully saturated rings. The van der Waals surface area contributed by atoms with E-state index >= 15 is 0 Å². The van der Waals surface area contributed by atoms with Gasteiger partial charge in [-0.15, -0.1) is 0 Å². The van der Waals surface area contributed by atoms with Crippen molar-refractivity contribution in [3.8, 4) is 0 Å². The summed E-state index contributed by atoms with van der Waals surface area (Å²) >= 11 is 0. The van der Waals surface area contributed by atoms with Gasteiger partial charge in [-0.05, 0) is 18.2 Å². The maximum atomic E-state index is 11.5. The molecule has 0 aliphatic rings. The smallest absolute Gasteiger partial charge is 0.297 e. The van der Waals surface area contributed by atoms with Crippen LogP contribution in [0.1, 0.15) is 0 Å². The third-order valence-electron chi connectivity index (χ3n) is 2.92. The number of nitrogen functional groups attached to an aromatic ring is 1. The molecular weight excluding hydrogens is 320 g/mol. The van der Waals surface area contributed by atoms with E-state index in [2.05, 4.69) is 5.32 Å². The van der Waals surface area contributed by atoms with Gasteiger partial charge in [0.1, 0.15) is 4.90 Å². The van der Waals surface area contributed by atoms with Crippen LogP contribution in [-0.2, 0) is 20.2 Å². The highest BCUT2D eigenvalue weighted by molar-refractivity contribution is 7.86. The van der Waals surface area contributed by atoms with Crippen molar-refractivity contribution in [1.29, 1.82) is 0 Å². The maximum absolute atomic E-state index is 11.5. The van der Waals surface area contributed by atoms with E-state index in [4.69, 9.17) is 10.3 Å². The standard InChI is InChI=1S/C11H12N2O6S2/c1-13-10-5-6(20(14,15)16)4-8-7(10)2-3-9(12)11(8)21(17,18)19/h2-5,13H,12H2,1H3,(H,14,15,16)(H,17,18,19). The first kappa shape index (κ1) is 15.5. The predicted octanol–water partition coefficient (Wildman–Crippen LogP) is 0.957. The Labute approximate surface area is 121 Å². The lowest BCUT2D eigenvalue weighted by Crippen LogP contribution is -2.06. The van der Waals surface area contributed by atoms with Crippen LogP contribution in [0.25, 0.3) is 10.8 Å². The second kappa shape index (κ2) is 4.84. The number of hydrogen-bond donors (Lipinski definition) is 4. The Morgan fingerprint density at radius 1 is 1.00 bits per heavy atom. The van der Waals surface area contributed by atoms with Crippen LogP contribution in [0.2, 0.25) is 0 Å². The molecule has 0 aliphatic carbocycles. The Morgan fingerprint density at radius 2 is 1.62 bits per heavy atom. The molecule has 2 rings (SSSR count). The Hall–Kier alpha value is -1.88. The van der Waals surface area contributed by atoms with Crippen LogP contribution in [0, 0.1) is 0 Å². The van der Waals surface area contributed by atoms with Gasteiger partial charge in [-0.1, -0.05) is 6.07 Å². The van der Waals surface area contributed by atoms with Gasteiger partial charge in [0, 0.05) is 23.5 Å². The highest BCUT2D eigenvalue weighted by Crippen LogP contribution is 2.35. The molecule has 0 bridgehead atoms. The average molecular weight is 332 g/mol. The number of nitrogens with two attached hydrogens (primary N) is 1. The molecule has 8 nitrogen and oxygen atoms in total. The van der Waals surface area contributed by atoms with Crippen molar-refractivity contribution in [2.45, 2.75) is 9.79 Å². The fourth-order valence-electron chi connectivity index (χ4n) is 2.04. The number of fused-ring (bicyclic) bond motifs is 1. The quantitative estimate of drug-likeness (QED) is 0.480. The zero-order chi connectivity index (χ0) is 16.0. The summed E-state index contributed by atoms with van der Waals surface area (Å²) in [7, 11) is -7.74. The molecule has 2 aromatic rings. The minimum atomic E-state index is -4.68. The van der Waals surface area contributed by atoms with E-state index in [1.54, 1.807) is 0 Å². The molecule has 10 heteroatoms. The molecule has 0 aliphatic heterocycles. The van der Waals surface area contributed by atoms with Crippen molar-refractivity contribution in [2.24, 2.45) is 0 Å². The lowest BCUT2D eigenvalue weighted by Gasteiger charge is -2.12. The predicted molar refractivity (Wildman–Crippen MR) is 77.5 cm³/mol. The van der Waals surface area contributed by atoms with Gasteiger partial charge in [-0.25, -0.2) is 0 Å². The van der Waals surface area contributed by atoms with E-state index in [-0.39, 0.29) is 16.8 Å². The third kappa shape index (κ3) is 2.78. The summed E-state index contributed by atoms with van der Waals surface area (Å²) in [6.07, 6.45) is 0. The summed E-state index contributed by atoms with van der Waals surface area (Å²) in [6.45, 7) is 0. The van der Waals surface area contributed by atoms with Gasteiger partial charge < -0.3 is 11.1 Å². The first-order valence-corrected chi connectivity index (χ1v) is 8.42. The molecule has 5 N–H and O–H groups in total. The average Bonchev–Trinajstić information content (AvgIpc) is 2.34. The molecule has 0 radical (unpaired) electrons. The molecule has 0 heterocycles. The highest BCUT2D eigenvalue weighted by Gasteiger charge is 2.22. The molecular formula is C11H12N2O6S2. The Balaban J connectivity index is 3.09. The molecule has 0 saturated carbocycles. The molecule has 0 amide bonds. The SMILES string of the molecule is CNc1cc(S(=O)(=O)O)cc2c(S(=O)(=O)O)c(N)ccc12. The largest absolute Gasteiger partial charge is 0.398 e. The van der Waals surface area contributed by atoms with Crippen molar-refractivity contribution in [3.63, 3.8) is 0 Å². The first-order valence-electron chi connectivity index (χ1n) is 5.54. The van der Waals surface area contributed by atoms with Crippen LogP contribution in [0.5, 0.6) is 0 Å². The minimum absolute atomic E-state index is 0.114. The molecule has 0 spiro atoms. The van der Waals surface area contributed by atoms with Gasteiger partial charge in [0.25, 0.3) is 20.2 Å². The van der Waals surface area contributed by atoms with Crippen molar-refractivity contribution < 1.29 is 25.9 Å². The van der Waals surface area contributed by atoms with Gasteiger partial charge in [-0.2, -0.15) is 16.8 Å². The monoisotopic (exact) mass is 332 g/mol. The minimum Gasteiger partial charge on any atom is -0.398 e. The number of benzene rings is 2. The number of rotatable bonds is 3. The van der Waals surface area contributed by atoms with Gasteiger partial charge >= 0.3 is 0 Å². The van der Waals surface area contributed by atoms with Crippen molar-refractivity contribution in [1.82, 2.24) is 0 Å².